The summed E-state index contributed by atoms with van der Waals surface area (Å²) in [6.45, 7) is 6.27. The number of piperidine rings is 2. The van der Waals surface area contributed by atoms with E-state index in [2.05, 4.69) is 16.8 Å². The van der Waals surface area contributed by atoms with Crippen molar-refractivity contribution < 1.29 is 41.5 Å². The molecule has 4 fully saturated rings. The Bertz CT molecular complexity index is 1590. The molecule has 4 amide bonds. The van der Waals surface area contributed by atoms with E-state index in [0.29, 0.717) is 25.2 Å². The van der Waals surface area contributed by atoms with E-state index in [-0.39, 0.29) is 12.5 Å². The fraction of sp³-hybridized carbons (Fsp3) is 0.500. The molecule has 4 atom stereocenters. The highest BCUT2D eigenvalue weighted by Crippen LogP contribution is 2.39. The number of carbonyl (C=O) groups is 4. The average Bonchev–Trinajstić information content (AvgIpc) is 3.49. The molecule has 4 heterocycles. The maximum Gasteiger partial charge on any atom is 0.419 e. The molecule has 0 saturated carbocycles. The van der Waals surface area contributed by atoms with Crippen molar-refractivity contribution in [2.75, 3.05) is 32.8 Å². The van der Waals surface area contributed by atoms with Gasteiger partial charge >= 0.3 is 12.3 Å². The molecular weight excluding hydrogens is 658 g/mol. The Balaban J connectivity index is 1.21. The summed E-state index contributed by atoms with van der Waals surface area (Å²) in [5.41, 5.74) is -1.13. The summed E-state index contributed by atoms with van der Waals surface area (Å²) in [4.78, 5) is 61.2. The van der Waals surface area contributed by atoms with Gasteiger partial charge in [0, 0.05) is 31.2 Å². The lowest BCUT2D eigenvalue weighted by Gasteiger charge is -2.52. The van der Waals surface area contributed by atoms with Crippen molar-refractivity contribution in [3.8, 4) is 0 Å². The first-order valence-electron chi connectivity index (χ1n) is 17.1. The fourth-order valence-electron chi connectivity index (χ4n) is 7.69. The van der Waals surface area contributed by atoms with Crippen LogP contribution in [0, 0.1) is 5.82 Å². The first-order valence-corrected chi connectivity index (χ1v) is 17.1. The van der Waals surface area contributed by atoms with E-state index < -0.39 is 78.2 Å². The van der Waals surface area contributed by atoms with E-state index in [9.17, 15) is 36.7 Å². The number of β-lactam (4-membered cyclic amide) rings is 1. The van der Waals surface area contributed by atoms with E-state index in [1.165, 1.54) is 22.3 Å². The number of hydrogen-bond donors (Lipinski definition) is 1. The lowest BCUT2D eigenvalue weighted by molar-refractivity contribution is -0.164. The zero-order chi connectivity index (χ0) is 35.6. The number of benzene rings is 2. The molecule has 10 nitrogen and oxygen atoms in total. The quantitative estimate of drug-likeness (QED) is 0.220. The SMILES string of the molecule is C=C[C@@H]1[C@H](N2C(=O)OC[C@@H]2c2ccccc2)C(=O)N1[C@H](CC(=O)N1CCC(N2CCCCC2)CC1)C(=O)NCc1cccc(C(F)(F)F)c1F. The lowest BCUT2D eigenvalue weighted by Crippen LogP contribution is -2.74. The summed E-state index contributed by atoms with van der Waals surface area (Å²) in [6, 6.07) is 8.20. The van der Waals surface area contributed by atoms with Crippen molar-refractivity contribution in [1.82, 2.24) is 24.9 Å². The number of nitrogens with one attached hydrogen (secondary N) is 1. The first-order chi connectivity index (χ1) is 24.0. The van der Waals surface area contributed by atoms with Gasteiger partial charge in [-0.2, -0.15) is 13.2 Å². The number of likely N-dealkylation sites (tertiary alicyclic amines) is 3. The molecule has 0 spiro atoms. The zero-order valence-corrected chi connectivity index (χ0v) is 27.6. The van der Waals surface area contributed by atoms with Crippen molar-refractivity contribution in [3.05, 3.63) is 83.7 Å². The topological polar surface area (TPSA) is 102 Å². The molecule has 14 heteroatoms. The van der Waals surface area contributed by atoms with Crippen LogP contribution in [0.15, 0.2) is 61.2 Å². The van der Waals surface area contributed by atoms with Gasteiger partial charge in [-0.25, -0.2) is 9.18 Å². The predicted molar refractivity (Wildman–Crippen MR) is 174 cm³/mol. The van der Waals surface area contributed by atoms with E-state index in [4.69, 9.17) is 4.74 Å². The van der Waals surface area contributed by atoms with Gasteiger partial charge in [0.05, 0.1) is 24.1 Å². The van der Waals surface area contributed by atoms with Crippen LogP contribution >= 0.6 is 0 Å². The molecule has 0 radical (unpaired) electrons. The number of hydrogen-bond acceptors (Lipinski definition) is 6. The molecule has 2 aromatic rings. The predicted octanol–water partition coefficient (Wildman–Crippen LogP) is 4.66. The van der Waals surface area contributed by atoms with Crippen LogP contribution in [0.1, 0.15) is 61.3 Å². The molecule has 0 bridgehead atoms. The number of halogens is 4. The van der Waals surface area contributed by atoms with Crippen molar-refractivity contribution in [3.63, 3.8) is 0 Å². The summed E-state index contributed by atoms with van der Waals surface area (Å²) in [7, 11) is 0. The number of cyclic esters (lactones) is 1. The Morgan fingerprint density at radius 1 is 0.980 bits per heavy atom. The molecular formula is C36H41F4N5O5. The standard InChI is InChI=1S/C36H41F4N5O5/c1-2-27-32(45-29(22-50-35(45)49)23-10-5-3-6-11-23)34(48)44(27)28(33(47)41-21-24-12-9-13-26(31(24)37)36(38,39)40)20-30(46)43-18-14-25(15-19-43)42-16-7-4-8-17-42/h2-3,5-6,9-13,25,27-29,32H,1,4,7-8,14-22H2,(H,41,47)/t27-,28-,29-,32+/m1/s1. The highest BCUT2D eigenvalue weighted by molar-refractivity contribution is 5.99. The number of amides is 4. The number of ether oxygens (including phenoxy) is 1. The van der Waals surface area contributed by atoms with Crippen molar-refractivity contribution in [2.24, 2.45) is 0 Å². The largest absolute Gasteiger partial charge is 0.447 e. The highest BCUT2D eigenvalue weighted by atomic mass is 19.4. The Morgan fingerprint density at radius 2 is 1.68 bits per heavy atom. The fourth-order valence-corrected chi connectivity index (χ4v) is 7.69. The summed E-state index contributed by atoms with van der Waals surface area (Å²) in [5.74, 6) is -3.35. The highest BCUT2D eigenvalue weighted by Gasteiger charge is 2.58. The van der Waals surface area contributed by atoms with Gasteiger partial charge in [-0.3, -0.25) is 19.3 Å². The second-order valence-electron chi connectivity index (χ2n) is 13.3. The van der Waals surface area contributed by atoms with Crippen LogP contribution < -0.4 is 5.32 Å². The zero-order valence-electron chi connectivity index (χ0n) is 27.6. The molecule has 1 N–H and O–H groups in total. The van der Waals surface area contributed by atoms with Gasteiger partial charge in [-0.15, -0.1) is 6.58 Å². The Labute approximate surface area is 288 Å². The molecule has 268 valence electrons. The Kier molecular flexibility index (Phi) is 10.5. The van der Waals surface area contributed by atoms with Crippen LogP contribution in [-0.2, 0) is 31.8 Å². The van der Waals surface area contributed by atoms with Gasteiger partial charge in [-0.05, 0) is 50.4 Å². The smallest absolute Gasteiger partial charge is 0.419 e. The molecule has 2 aromatic carbocycles. The number of rotatable bonds is 10. The molecule has 4 saturated heterocycles. The van der Waals surface area contributed by atoms with Crippen LogP contribution in [-0.4, -0.2) is 100 Å². The minimum absolute atomic E-state index is 0.00876. The minimum Gasteiger partial charge on any atom is -0.447 e. The normalized spacial score (nSPS) is 24.1. The van der Waals surface area contributed by atoms with Crippen LogP contribution in [0.2, 0.25) is 0 Å². The van der Waals surface area contributed by atoms with E-state index in [1.54, 1.807) is 29.2 Å². The molecule has 0 aromatic heterocycles. The first kappa shape index (κ1) is 35.4. The summed E-state index contributed by atoms with van der Waals surface area (Å²) in [6.07, 6.45) is 0.411. The second kappa shape index (κ2) is 14.8. The summed E-state index contributed by atoms with van der Waals surface area (Å²) < 4.78 is 60.2. The number of alkyl halides is 3. The molecule has 0 aliphatic carbocycles. The van der Waals surface area contributed by atoms with Crippen LogP contribution in [0.25, 0.3) is 0 Å². The third-order valence-corrected chi connectivity index (χ3v) is 10.4. The van der Waals surface area contributed by atoms with Crippen molar-refractivity contribution in [1.29, 1.82) is 0 Å². The Hall–Kier alpha value is -4.46. The van der Waals surface area contributed by atoms with E-state index in [1.807, 2.05) is 6.07 Å². The lowest BCUT2D eigenvalue weighted by atomic mass is 9.88. The molecule has 4 aliphatic rings. The van der Waals surface area contributed by atoms with Gasteiger partial charge in [0.25, 0.3) is 0 Å². The molecule has 50 heavy (non-hydrogen) atoms. The average molecular weight is 700 g/mol. The molecule has 4 aliphatic heterocycles. The maximum absolute atomic E-state index is 14.8. The van der Waals surface area contributed by atoms with Gasteiger partial charge in [0.2, 0.25) is 17.7 Å². The van der Waals surface area contributed by atoms with Crippen LogP contribution in [0.3, 0.4) is 0 Å². The van der Waals surface area contributed by atoms with Gasteiger partial charge < -0.3 is 24.8 Å². The van der Waals surface area contributed by atoms with Gasteiger partial charge in [0.1, 0.15) is 24.5 Å². The number of carbonyl (C=O) groups excluding carboxylic acids is 4. The van der Waals surface area contributed by atoms with Gasteiger partial charge in [0.15, 0.2) is 0 Å². The number of nitrogens with zero attached hydrogens (tertiary/aromatic N) is 4. The third kappa shape index (κ3) is 7.07. The minimum atomic E-state index is -4.94. The van der Waals surface area contributed by atoms with E-state index in [0.717, 1.165) is 56.5 Å². The Morgan fingerprint density at radius 3 is 2.34 bits per heavy atom. The second-order valence-corrected chi connectivity index (χ2v) is 13.3. The summed E-state index contributed by atoms with van der Waals surface area (Å²) >= 11 is 0. The van der Waals surface area contributed by atoms with E-state index >= 15 is 0 Å². The monoisotopic (exact) mass is 699 g/mol. The van der Waals surface area contributed by atoms with Crippen molar-refractivity contribution in [2.45, 2.75) is 81.5 Å². The third-order valence-electron chi connectivity index (χ3n) is 10.4. The maximum atomic E-state index is 14.8. The van der Waals surface area contributed by atoms with Crippen LogP contribution in [0.5, 0.6) is 0 Å². The molecule has 0 unspecified atom stereocenters. The van der Waals surface area contributed by atoms with Crippen LogP contribution in [0.4, 0.5) is 22.4 Å². The van der Waals surface area contributed by atoms with Crippen molar-refractivity contribution >= 4 is 23.8 Å². The summed E-state index contributed by atoms with van der Waals surface area (Å²) in [5, 5.41) is 2.46. The molecule has 6 rings (SSSR count). The van der Waals surface area contributed by atoms with Gasteiger partial charge in [-0.1, -0.05) is 55.0 Å².